The van der Waals surface area contributed by atoms with Crippen LogP contribution in [0.1, 0.15) is 27.2 Å². The fraction of sp³-hybridized carbons (Fsp3) is 0.769. The maximum atomic E-state index is 12.4. The van der Waals surface area contributed by atoms with Gasteiger partial charge in [-0.15, -0.1) is 0 Å². The monoisotopic (exact) mass is 285 g/mol. The average Bonchev–Trinajstić information content (AvgIpc) is 2.68. The molecule has 3 atom stereocenters. The molecule has 114 valence electrons. The maximum absolute atomic E-state index is 12.4. The van der Waals surface area contributed by atoms with Gasteiger partial charge in [0.1, 0.15) is 6.04 Å². The fourth-order valence-corrected chi connectivity index (χ4v) is 2.55. The summed E-state index contributed by atoms with van der Waals surface area (Å²) in [6.07, 6.45) is 0.477. The second-order valence-electron chi connectivity index (χ2n) is 5.86. The number of rotatable bonds is 5. The molecule has 0 radical (unpaired) electrons. The maximum Gasteiger partial charge on any atom is 0.312 e. The molecule has 1 heterocycles. The summed E-state index contributed by atoms with van der Waals surface area (Å²) in [5.41, 5.74) is 5.09. The van der Waals surface area contributed by atoms with Gasteiger partial charge in [0, 0.05) is 13.1 Å². The van der Waals surface area contributed by atoms with E-state index in [0.717, 1.165) is 0 Å². The van der Waals surface area contributed by atoms with Gasteiger partial charge in [-0.25, -0.2) is 4.79 Å². The quantitative estimate of drug-likeness (QED) is 0.672. The van der Waals surface area contributed by atoms with Crippen LogP contribution in [-0.4, -0.2) is 47.0 Å². The number of carbonyl (C=O) groups excluding carboxylic acids is 2. The third kappa shape index (κ3) is 4.11. The number of hydrogen-bond acceptors (Lipinski definition) is 3. The Bertz CT molecular complexity index is 397. The Hall–Kier alpha value is -1.79. The SMILES string of the molecule is CC(C)CC(NC(N)=O)C(=O)N1CC(C)C(C(=O)O)C1. The third-order valence-electron chi connectivity index (χ3n) is 3.56. The van der Waals surface area contributed by atoms with E-state index in [1.54, 1.807) is 0 Å². The number of nitrogens with one attached hydrogen (secondary N) is 1. The molecule has 7 heteroatoms. The Balaban J connectivity index is 2.75. The molecule has 1 saturated heterocycles. The van der Waals surface area contributed by atoms with E-state index in [1.165, 1.54) is 4.90 Å². The van der Waals surface area contributed by atoms with E-state index in [0.29, 0.717) is 13.0 Å². The van der Waals surface area contributed by atoms with E-state index in [4.69, 9.17) is 10.8 Å². The highest BCUT2D eigenvalue weighted by Crippen LogP contribution is 2.24. The topological polar surface area (TPSA) is 113 Å². The molecule has 0 aromatic heterocycles. The van der Waals surface area contributed by atoms with Crippen molar-refractivity contribution in [2.24, 2.45) is 23.5 Å². The Morgan fingerprint density at radius 2 is 1.95 bits per heavy atom. The number of aliphatic carboxylic acids is 1. The van der Waals surface area contributed by atoms with E-state index < -0.39 is 24.0 Å². The first-order chi connectivity index (χ1) is 9.22. The van der Waals surface area contributed by atoms with Crippen LogP contribution in [0.3, 0.4) is 0 Å². The first-order valence-electron chi connectivity index (χ1n) is 6.80. The van der Waals surface area contributed by atoms with Crippen LogP contribution in [0.2, 0.25) is 0 Å². The highest BCUT2D eigenvalue weighted by molar-refractivity contribution is 5.87. The van der Waals surface area contributed by atoms with Gasteiger partial charge in [0.2, 0.25) is 5.91 Å². The highest BCUT2D eigenvalue weighted by atomic mass is 16.4. The molecule has 1 rings (SSSR count). The molecule has 3 amide bonds. The van der Waals surface area contributed by atoms with Gasteiger partial charge in [-0.2, -0.15) is 0 Å². The van der Waals surface area contributed by atoms with Crippen LogP contribution >= 0.6 is 0 Å². The lowest BCUT2D eigenvalue weighted by molar-refractivity contribution is -0.142. The van der Waals surface area contributed by atoms with Crippen molar-refractivity contribution < 1.29 is 19.5 Å². The number of primary amides is 1. The van der Waals surface area contributed by atoms with Crippen molar-refractivity contribution in [3.05, 3.63) is 0 Å². The number of urea groups is 1. The van der Waals surface area contributed by atoms with Crippen molar-refractivity contribution in [1.82, 2.24) is 10.2 Å². The van der Waals surface area contributed by atoms with Gasteiger partial charge in [-0.3, -0.25) is 9.59 Å². The molecular formula is C13H23N3O4. The van der Waals surface area contributed by atoms with Gasteiger partial charge < -0.3 is 21.1 Å². The van der Waals surface area contributed by atoms with Crippen LogP contribution in [0, 0.1) is 17.8 Å². The minimum absolute atomic E-state index is 0.0928. The van der Waals surface area contributed by atoms with Gasteiger partial charge >= 0.3 is 12.0 Å². The van der Waals surface area contributed by atoms with E-state index in [1.807, 2.05) is 20.8 Å². The summed E-state index contributed by atoms with van der Waals surface area (Å²) in [4.78, 5) is 36.0. The van der Waals surface area contributed by atoms with E-state index in [2.05, 4.69) is 5.32 Å². The molecule has 0 bridgehead atoms. The summed E-state index contributed by atoms with van der Waals surface area (Å²) in [5.74, 6) is -1.58. The predicted molar refractivity (Wildman–Crippen MR) is 72.8 cm³/mol. The molecule has 0 saturated carbocycles. The lowest BCUT2D eigenvalue weighted by Gasteiger charge is -2.24. The summed E-state index contributed by atoms with van der Waals surface area (Å²) in [7, 11) is 0. The number of amides is 3. The summed E-state index contributed by atoms with van der Waals surface area (Å²) >= 11 is 0. The smallest absolute Gasteiger partial charge is 0.312 e. The molecule has 7 nitrogen and oxygen atoms in total. The van der Waals surface area contributed by atoms with Crippen molar-refractivity contribution in [3.8, 4) is 0 Å². The Kier molecular flexibility index (Phi) is 5.35. The number of nitrogens with zero attached hydrogens (tertiary/aromatic N) is 1. The second kappa shape index (κ2) is 6.58. The van der Waals surface area contributed by atoms with Gasteiger partial charge in [0.25, 0.3) is 0 Å². The van der Waals surface area contributed by atoms with Crippen molar-refractivity contribution in [3.63, 3.8) is 0 Å². The van der Waals surface area contributed by atoms with Crippen molar-refractivity contribution >= 4 is 17.9 Å². The van der Waals surface area contributed by atoms with Crippen molar-refractivity contribution in [1.29, 1.82) is 0 Å². The van der Waals surface area contributed by atoms with Crippen LogP contribution in [0.5, 0.6) is 0 Å². The van der Waals surface area contributed by atoms with Crippen LogP contribution in [0.25, 0.3) is 0 Å². The zero-order valence-electron chi connectivity index (χ0n) is 12.1. The van der Waals surface area contributed by atoms with Crippen molar-refractivity contribution in [2.75, 3.05) is 13.1 Å². The number of carboxylic acids is 1. The normalized spacial score (nSPS) is 23.7. The van der Waals surface area contributed by atoms with Crippen molar-refractivity contribution in [2.45, 2.75) is 33.2 Å². The number of hydrogen-bond donors (Lipinski definition) is 3. The first kappa shape index (κ1) is 16.3. The number of carbonyl (C=O) groups is 3. The molecule has 0 aromatic rings. The minimum atomic E-state index is -0.893. The highest BCUT2D eigenvalue weighted by Gasteiger charge is 2.39. The Morgan fingerprint density at radius 1 is 1.35 bits per heavy atom. The number of nitrogens with two attached hydrogens (primary N) is 1. The molecule has 20 heavy (non-hydrogen) atoms. The number of carboxylic acid groups (broad SMARTS) is 1. The molecule has 4 N–H and O–H groups in total. The molecule has 0 aromatic carbocycles. The van der Waals surface area contributed by atoms with Crippen LogP contribution in [0.4, 0.5) is 4.79 Å². The van der Waals surface area contributed by atoms with E-state index in [9.17, 15) is 14.4 Å². The fourth-order valence-electron chi connectivity index (χ4n) is 2.55. The van der Waals surface area contributed by atoms with Crippen LogP contribution < -0.4 is 11.1 Å². The molecular weight excluding hydrogens is 262 g/mol. The summed E-state index contributed by atoms with van der Waals surface area (Å²) < 4.78 is 0. The Morgan fingerprint density at radius 3 is 2.35 bits per heavy atom. The van der Waals surface area contributed by atoms with Gasteiger partial charge in [-0.1, -0.05) is 20.8 Å². The molecule has 1 fully saturated rings. The van der Waals surface area contributed by atoms with Crippen LogP contribution in [-0.2, 0) is 9.59 Å². The predicted octanol–water partition coefficient (Wildman–Crippen LogP) is 0.249. The van der Waals surface area contributed by atoms with Gasteiger partial charge in [0.05, 0.1) is 5.92 Å². The van der Waals surface area contributed by atoms with Crippen LogP contribution in [0.15, 0.2) is 0 Å². The van der Waals surface area contributed by atoms with Gasteiger partial charge in [0.15, 0.2) is 0 Å². The zero-order valence-corrected chi connectivity index (χ0v) is 12.1. The molecule has 3 unspecified atom stereocenters. The minimum Gasteiger partial charge on any atom is -0.481 e. The first-order valence-corrected chi connectivity index (χ1v) is 6.80. The molecule has 0 spiro atoms. The third-order valence-corrected chi connectivity index (χ3v) is 3.56. The summed E-state index contributed by atoms with van der Waals surface area (Å²) in [6.45, 7) is 6.27. The average molecular weight is 285 g/mol. The van der Waals surface area contributed by atoms with Gasteiger partial charge in [-0.05, 0) is 18.3 Å². The zero-order chi connectivity index (χ0) is 15.4. The Labute approximate surface area is 118 Å². The lowest BCUT2D eigenvalue weighted by atomic mass is 9.99. The standard InChI is InChI=1S/C13H23N3O4/c1-7(2)4-10(15-13(14)20)11(17)16-5-8(3)9(6-16)12(18)19/h7-10H,4-6H2,1-3H3,(H,18,19)(H3,14,15,20). The largest absolute Gasteiger partial charge is 0.481 e. The molecule has 1 aliphatic heterocycles. The number of likely N-dealkylation sites (tertiary alicyclic amines) is 1. The summed E-state index contributed by atoms with van der Waals surface area (Å²) in [6, 6.07) is -1.43. The van der Waals surface area contributed by atoms with E-state index in [-0.39, 0.29) is 24.3 Å². The summed E-state index contributed by atoms with van der Waals surface area (Å²) in [5, 5.41) is 11.5. The second-order valence-corrected chi connectivity index (χ2v) is 5.86. The molecule has 1 aliphatic rings. The molecule has 0 aliphatic carbocycles. The van der Waals surface area contributed by atoms with E-state index >= 15 is 0 Å². The lowest BCUT2D eigenvalue weighted by Crippen LogP contribution is -2.50.